The van der Waals surface area contributed by atoms with Gasteiger partial charge in [-0.2, -0.15) is 14.9 Å². The monoisotopic (exact) mass is 381 g/mol. The van der Waals surface area contributed by atoms with Crippen LogP contribution in [0, 0.1) is 6.92 Å². The third kappa shape index (κ3) is 4.01. The molecule has 0 radical (unpaired) electrons. The van der Waals surface area contributed by atoms with Crippen molar-refractivity contribution in [3.8, 4) is 16.9 Å². The van der Waals surface area contributed by atoms with E-state index in [-0.39, 0.29) is 12.2 Å². The van der Waals surface area contributed by atoms with Gasteiger partial charge in [0.2, 0.25) is 0 Å². The molecule has 146 valence electrons. The maximum Gasteiger partial charge on any atom is 0.284 e. The Bertz CT molecular complexity index is 1030. The van der Waals surface area contributed by atoms with Crippen molar-refractivity contribution in [2.75, 3.05) is 6.61 Å². The SMILES string of the molecule is CC[C@H](CO)NC(=O)c1cc(-c2ccc(C)cc2)nn(-c2cnn(C)c2)c1=O. The lowest BCUT2D eigenvalue weighted by molar-refractivity contribution is 0.0913. The number of amides is 1. The summed E-state index contributed by atoms with van der Waals surface area (Å²) in [6, 6.07) is 8.72. The molecule has 0 aliphatic rings. The second-order valence-corrected chi connectivity index (χ2v) is 6.66. The number of aliphatic hydroxyl groups excluding tert-OH is 1. The Labute approximate surface area is 162 Å². The minimum Gasteiger partial charge on any atom is -0.394 e. The van der Waals surface area contributed by atoms with Gasteiger partial charge in [-0.15, -0.1) is 0 Å². The summed E-state index contributed by atoms with van der Waals surface area (Å²) in [5, 5.41) is 20.6. The molecule has 2 aromatic heterocycles. The van der Waals surface area contributed by atoms with Crippen LogP contribution in [0.4, 0.5) is 0 Å². The van der Waals surface area contributed by atoms with E-state index in [4.69, 9.17) is 0 Å². The van der Waals surface area contributed by atoms with E-state index in [1.807, 2.05) is 38.1 Å². The van der Waals surface area contributed by atoms with Gasteiger partial charge in [0, 0.05) is 12.6 Å². The van der Waals surface area contributed by atoms with Crippen LogP contribution < -0.4 is 10.9 Å². The summed E-state index contributed by atoms with van der Waals surface area (Å²) >= 11 is 0. The number of aromatic nitrogens is 4. The average molecular weight is 381 g/mol. The van der Waals surface area contributed by atoms with Crippen molar-refractivity contribution in [2.24, 2.45) is 7.05 Å². The lowest BCUT2D eigenvalue weighted by Crippen LogP contribution is -2.40. The van der Waals surface area contributed by atoms with E-state index in [1.165, 1.54) is 16.9 Å². The molecule has 2 N–H and O–H groups in total. The van der Waals surface area contributed by atoms with E-state index in [9.17, 15) is 14.7 Å². The number of nitrogens with zero attached hydrogens (tertiary/aromatic N) is 4. The van der Waals surface area contributed by atoms with Gasteiger partial charge in [-0.05, 0) is 19.4 Å². The van der Waals surface area contributed by atoms with Crippen molar-refractivity contribution in [3.05, 3.63) is 64.2 Å². The molecule has 0 bridgehead atoms. The fourth-order valence-electron chi connectivity index (χ4n) is 2.76. The summed E-state index contributed by atoms with van der Waals surface area (Å²) in [5.41, 5.74) is 2.24. The Morgan fingerprint density at radius 2 is 2.00 bits per heavy atom. The Morgan fingerprint density at radius 1 is 1.29 bits per heavy atom. The Hall–Kier alpha value is -3.26. The predicted octanol–water partition coefficient (Wildman–Crippen LogP) is 1.44. The van der Waals surface area contributed by atoms with Crippen LogP contribution in [0.1, 0.15) is 29.3 Å². The molecule has 3 aromatic rings. The van der Waals surface area contributed by atoms with Gasteiger partial charge in [-0.1, -0.05) is 36.8 Å². The molecule has 0 aliphatic carbocycles. The number of hydrogen-bond donors (Lipinski definition) is 2. The summed E-state index contributed by atoms with van der Waals surface area (Å²) in [6.07, 6.45) is 3.71. The van der Waals surface area contributed by atoms with Gasteiger partial charge in [0.25, 0.3) is 11.5 Å². The number of benzene rings is 1. The summed E-state index contributed by atoms with van der Waals surface area (Å²) in [7, 11) is 1.74. The molecule has 8 nitrogen and oxygen atoms in total. The van der Waals surface area contributed by atoms with Crippen molar-refractivity contribution in [3.63, 3.8) is 0 Å². The van der Waals surface area contributed by atoms with Crippen LogP contribution in [-0.2, 0) is 7.05 Å². The molecular weight excluding hydrogens is 358 g/mol. The van der Waals surface area contributed by atoms with Crippen molar-refractivity contribution in [1.29, 1.82) is 0 Å². The number of aryl methyl sites for hydroxylation is 2. The van der Waals surface area contributed by atoms with Gasteiger partial charge >= 0.3 is 0 Å². The largest absolute Gasteiger partial charge is 0.394 e. The zero-order valence-corrected chi connectivity index (χ0v) is 16.1. The van der Waals surface area contributed by atoms with Crippen LogP contribution in [0.25, 0.3) is 16.9 Å². The highest BCUT2D eigenvalue weighted by Crippen LogP contribution is 2.18. The molecular formula is C20H23N5O3. The second kappa shape index (κ2) is 8.18. The molecule has 2 heterocycles. The fraction of sp³-hybridized carbons (Fsp3) is 0.300. The molecule has 0 spiro atoms. The van der Waals surface area contributed by atoms with Crippen LogP contribution in [-0.4, -0.2) is 43.2 Å². The first-order chi connectivity index (χ1) is 13.4. The highest BCUT2D eigenvalue weighted by Gasteiger charge is 2.20. The smallest absolute Gasteiger partial charge is 0.284 e. The van der Waals surface area contributed by atoms with Crippen molar-refractivity contribution in [2.45, 2.75) is 26.3 Å². The Balaban J connectivity index is 2.14. The van der Waals surface area contributed by atoms with Crippen LogP contribution in [0.15, 0.2) is 47.5 Å². The first-order valence-electron chi connectivity index (χ1n) is 9.05. The average Bonchev–Trinajstić information content (AvgIpc) is 3.12. The van der Waals surface area contributed by atoms with E-state index >= 15 is 0 Å². The first-order valence-corrected chi connectivity index (χ1v) is 9.05. The highest BCUT2D eigenvalue weighted by atomic mass is 16.3. The molecule has 0 fully saturated rings. The van der Waals surface area contributed by atoms with Gasteiger partial charge in [-0.3, -0.25) is 14.3 Å². The normalized spacial score (nSPS) is 12.0. The van der Waals surface area contributed by atoms with Crippen LogP contribution >= 0.6 is 0 Å². The summed E-state index contributed by atoms with van der Waals surface area (Å²) < 4.78 is 2.73. The third-order valence-electron chi connectivity index (χ3n) is 4.49. The standard InChI is InChI=1S/C20H23N5O3/c1-4-15(12-26)22-19(27)17-9-18(14-7-5-13(2)6-8-14)23-25(20(17)28)16-10-21-24(3)11-16/h5-11,15,26H,4,12H2,1-3H3,(H,22,27)/t15-/m1/s1. The molecule has 3 rings (SSSR count). The Kier molecular flexibility index (Phi) is 5.70. The fourth-order valence-corrected chi connectivity index (χ4v) is 2.76. The Morgan fingerprint density at radius 3 is 2.57 bits per heavy atom. The lowest BCUT2D eigenvalue weighted by Gasteiger charge is -2.15. The summed E-state index contributed by atoms with van der Waals surface area (Å²) in [4.78, 5) is 25.7. The van der Waals surface area contributed by atoms with Gasteiger partial charge in [0.15, 0.2) is 0 Å². The van der Waals surface area contributed by atoms with E-state index in [0.717, 1.165) is 11.1 Å². The molecule has 1 aromatic carbocycles. The number of nitrogens with one attached hydrogen (secondary N) is 1. The van der Waals surface area contributed by atoms with Crippen LogP contribution in [0.3, 0.4) is 0 Å². The molecule has 0 unspecified atom stereocenters. The molecule has 1 amide bonds. The second-order valence-electron chi connectivity index (χ2n) is 6.66. The number of hydrogen-bond acceptors (Lipinski definition) is 5. The highest BCUT2D eigenvalue weighted by molar-refractivity contribution is 5.95. The summed E-state index contributed by atoms with van der Waals surface area (Å²) in [5.74, 6) is -0.542. The minimum absolute atomic E-state index is 0.0404. The van der Waals surface area contributed by atoms with Gasteiger partial charge in [-0.25, -0.2) is 0 Å². The van der Waals surface area contributed by atoms with Crippen molar-refractivity contribution < 1.29 is 9.90 Å². The molecule has 28 heavy (non-hydrogen) atoms. The van der Waals surface area contributed by atoms with Gasteiger partial charge in [0.05, 0.1) is 30.7 Å². The minimum atomic E-state index is -0.547. The quantitative estimate of drug-likeness (QED) is 0.673. The zero-order valence-electron chi connectivity index (χ0n) is 16.1. The summed E-state index contributed by atoms with van der Waals surface area (Å²) in [6.45, 7) is 3.63. The molecule has 0 saturated carbocycles. The van der Waals surface area contributed by atoms with Crippen LogP contribution in [0.2, 0.25) is 0 Å². The van der Waals surface area contributed by atoms with Crippen molar-refractivity contribution in [1.82, 2.24) is 24.9 Å². The lowest BCUT2D eigenvalue weighted by atomic mass is 10.1. The zero-order chi connectivity index (χ0) is 20.3. The molecule has 8 heteroatoms. The maximum atomic E-state index is 13.0. The number of rotatable bonds is 6. The first kappa shape index (κ1) is 19.5. The topological polar surface area (TPSA) is 102 Å². The predicted molar refractivity (Wildman–Crippen MR) is 105 cm³/mol. The number of aliphatic hydroxyl groups is 1. The van der Waals surface area contributed by atoms with E-state index in [0.29, 0.717) is 17.8 Å². The van der Waals surface area contributed by atoms with E-state index in [1.54, 1.807) is 17.9 Å². The molecule has 0 aliphatic heterocycles. The van der Waals surface area contributed by atoms with Crippen LogP contribution in [0.5, 0.6) is 0 Å². The van der Waals surface area contributed by atoms with Gasteiger partial charge in [0.1, 0.15) is 11.3 Å². The molecule has 0 saturated heterocycles. The van der Waals surface area contributed by atoms with Crippen molar-refractivity contribution >= 4 is 5.91 Å². The number of carbonyl (C=O) groups excluding carboxylic acids is 1. The maximum absolute atomic E-state index is 13.0. The van der Waals surface area contributed by atoms with E-state index in [2.05, 4.69) is 15.5 Å². The van der Waals surface area contributed by atoms with Gasteiger partial charge < -0.3 is 10.4 Å². The van der Waals surface area contributed by atoms with E-state index < -0.39 is 17.5 Å². The third-order valence-corrected chi connectivity index (χ3v) is 4.49. The molecule has 1 atom stereocenters. The number of carbonyl (C=O) groups is 1.